The van der Waals surface area contributed by atoms with Crippen LogP contribution in [0.1, 0.15) is 36.7 Å². The van der Waals surface area contributed by atoms with Crippen molar-refractivity contribution in [2.24, 2.45) is 0 Å². The molecule has 0 radical (unpaired) electrons. The zero-order valence-corrected chi connectivity index (χ0v) is 14.4. The Balaban J connectivity index is 1.82. The van der Waals surface area contributed by atoms with Crippen molar-refractivity contribution in [1.82, 2.24) is 10.2 Å². The van der Waals surface area contributed by atoms with Gasteiger partial charge in [-0.2, -0.15) is 0 Å². The highest BCUT2D eigenvalue weighted by atomic mass is 19.1. The smallest absolute Gasteiger partial charge is 0.410 e. The minimum Gasteiger partial charge on any atom is -0.444 e. The second kappa shape index (κ2) is 5.65. The normalized spacial score (nSPS) is 20.2. The summed E-state index contributed by atoms with van der Waals surface area (Å²) >= 11 is 0. The molecule has 0 spiro atoms. The molecule has 2 aliphatic rings. The number of ether oxygens (including phenoxy) is 1. The van der Waals surface area contributed by atoms with Crippen molar-refractivity contribution in [3.05, 3.63) is 29.1 Å². The van der Waals surface area contributed by atoms with Crippen LogP contribution in [0.5, 0.6) is 0 Å². The van der Waals surface area contributed by atoms with Crippen LogP contribution in [0.3, 0.4) is 0 Å². The van der Waals surface area contributed by atoms with Gasteiger partial charge in [-0.1, -0.05) is 0 Å². The van der Waals surface area contributed by atoms with Crippen molar-refractivity contribution in [1.29, 1.82) is 0 Å². The van der Waals surface area contributed by atoms with E-state index in [9.17, 15) is 14.0 Å². The number of hydrogen-bond acceptors (Lipinski definition) is 4. The zero-order chi connectivity index (χ0) is 17.6. The monoisotopic (exact) mass is 335 g/mol. The molecule has 1 aromatic rings. The van der Waals surface area contributed by atoms with Crippen LogP contribution in [0.15, 0.2) is 12.1 Å². The molecule has 7 heteroatoms. The van der Waals surface area contributed by atoms with E-state index in [1.54, 1.807) is 17.9 Å². The Morgan fingerprint density at radius 3 is 2.71 bits per heavy atom. The Morgan fingerprint density at radius 2 is 2.04 bits per heavy atom. The molecule has 0 aromatic heterocycles. The Labute approximate surface area is 140 Å². The summed E-state index contributed by atoms with van der Waals surface area (Å²) in [7, 11) is 0. The number of carbonyl (C=O) groups excluding carboxylic acids is 2. The lowest BCUT2D eigenvalue weighted by atomic mass is 10.00. The maximum Gasteiger partial charge on any atom is 0.410 e. The standard InChI is InChI=1S/C17H22FN3O3/c1-10-11(18)5-6-12-14(10)15(22)19-13-9-20(7-8-21(12)13)16(23)24-17(2,3)4/h5-6,13H,7-9H2,1-4H3,(H,19,22). The molecule has 0 aliphatic carbocycles. The third kappa shape index (κ3) is 2.90. The molecule has 1 saturated heterocycles. The lowest BCUT2D eigenvalue weighted by Gasteiger charge is -2.46. The summed E-state index contributed by atoms with van der Waals surface area (Å²) in [5, 5.41) is 2.86. The number of nitrogens with one attached hydrogen (secondary N) is 1. The average Bonchev–Trinajstić information content (AvgIpc) is 2.48. The predicted octanol–water partition coefficient (Wildman–Crippen LogP) is 2.26. The molecule has 1 aromatic carbocycles. The molecule has 2 aliphatic heterocycles. The van der Waals surface area contributed by atoms with E-state index >= 15 is 0 Å². The first-order chi connectivity index (χ1) is 11.2. The van der Waals surface area contributed by atoms with E-state index in [1.807, 2.05) is 25.7 Å². The number of benzene rings is 1. The number of amides is 2. The van der Waals surface area contributed by atoms with Gasteiger partial charge >= 0.3 is 6.09 Å². The Morgan fingerprint density at radius 1 is 1.33 bits per heavy atom. The molecular formula is C17H22FN3O3. The Hall–Kier alpha value is -2.31. The van der Waals surface area contributed by atoms with Crippen molar-refractivity contribution in [2.45, 2.75) is 39.5 Å². The summed E-state index contributed by atoms with van der Waals surface area (Å²) in [6.45, 7) is 8.41. The molecule has 2 heterocycles. The van der Waals surface area contributed by atoms with Gasteiger partial charge in [0.1, 0.15) is 17.6 Å². The number of fused-ring (bicyclic) bond motifs is 3. The molecule has 1 atom stereocenters. The van der Waals surface area contributed by atoms with E-state index in [0.29, 0.717) is 36.4 Å². The summed E-state index contributed by atoms with van der Waals surface area (Å²) in [5.41, 5.74) is 0.868. The van der Waals surface area contributed by atoms with E-state index in [-0.39, 0.29) is 12.1 Å². The van der Waals surface area contributed by atoms with Gasteiger partial charge in [-0.25, -0.2) is 9.18 Å². The van der Waals surface area contributed by atoms with Crippen LogP contribution >= 0.6 is 0 Å². The number of carbonyl (C=O) groups is 2. The summed E-state index contributed by atoms with van der Waals surface area (Å²) in [6, 6.07) is 3.01. The summed E-state index contributed by atoms with van der Waals surface area (Å²) in [5.74, 6) is -0.705. The van der Waals surface area contributed by atoms with Gasteiger partial charge in [0.15, 0.2) is 0 Å². The van der Waals surface area contributed by atoms with Crippen LogP contribution in [0.4, 0.5) is 14.9 Å². The lowest BCUT2D eigenvalue weighted by molar-refractivity contribution is 0.0200. The van der Waals surface area contributed by atoms with Crippen molar-refractivity contribution in [3.8, 4) is 0 Å². The Kier molecular flexibility index (Phi) is 3.89. The quantitative estimate of drug-likeness (QED) is 0.790. The molecule has 0 saturated carbocycles. The molecule has 130 valence electrons. The summed E-state index contributed by atoms with van der Waals surface area (Å²) in [6.07, 6.45) is -0.728. The maximum atomic E-state index is 13.8. The third-order valence-electron chi connectivity index (χ3n) is 4.24. The molecule has 2 amide bonds. The van der Waals surface area contributed by atoms with Gasteiger partial charge in [0.25, 0.3) is 5.91 Å². The second-order valence-corrected chi connectivity index (χ2v) is 7.18. The highest BCUT2D eigenvalue weighted by molar-refractivity contribution is 6.03. The Bertz CT molecular complexity index is 699. The van der Waals surface area contributed by atoms with Crippen LogP contribution in [0.25, 0.3) is 0 Å². The number of piperazine rings is 1. The van der Waals surface area contributed by atoms with Crippen molar-refractivity contribution >= 4 is 17.7 Å². The van der Waals surface area contributed by atoms with Crippen LogP contribution in [-0.2, 0) is 4.74 Å². The van der Waals surface area contributed by atoms with E-state index in [0.717, 1.165) is 0 Å². The minimum atomic E-state index is -0.564. The summed E-state index contributed by atoms with van der Waals surface area (Å²) in [4.78, 5) is 28.2. The SMILES string of the molecule is Cc1c(F)ccc2c1C(=O)NC1CN(C(=O)OC(C)(C)C)CCN21. The molecule has 6 nitrogen and oxygen atoms in total. The van der Waals surface area contributed by atoms with Crippen molar-refractivity contribution in [3.63, 3.8) is 0 Å². The number of nitrogens with zero attached hydrogens (tertiary/aromatic N) is 2. The van der Waals surface area contributed by atoms with Gasteiger partial charge in [-0.3, -0.25) is 4.79 Å². The van der Waals surface area contributed by atoms with E-state index in [1.165, 1.54) is 6.07 Å². The largest absolute Gasteiger partial charge is 0.444 e. The fraction of sp³-hybridized carbons (Fsp3) is 0.529. The lowest BCUT2D eigenvalue weighted by Crippen LogP contribution is -2.64. The molecule has 0 bridgehead atoms. The van der Waals surface area contributed by atoms with E-state index in [2.05, 4.69) is 5.32 Å². The second-order valence-electron chi connectivity index (χ2n) is 7.18. The maximum absolute atomic E-state index is 13.8. The predicted molar refractivity (Wildman–Crippen MR) is 87.5 cm³/mol. The highest BCUT2D eigenvalue weighted by Gasteiger charge is 2.38. The van der Waals surface area contributed by atoms with Crippen LogP contribution in [0, 0.1) is 12.7 Å². The zero-order valence-electron chi connectivity index (χ0n) is 14.4. The van der Waals surface area contributed by atoms with Crippen LogP contribution in [-0.4, -0.2) is 48.3 Å². The molecule has 24 heavy (non-hydrogen) atoms. The van der Waals surface area contributed by atoms with Crippen LogP contribution in [0.2, 0.25) is 0 Å². The first-order valence-corrected chi connectivity index (χ1v) is 8.02. The van der Waals surface area contributed by atoms with Crippen molar-refractivity contribution < 1.29 is 18.7 Å². The van der Waals surface area contributed by atoms with Crippen molar-refractivity contribution in [2.75, 3.05) is 24.5 Å². The van der Waals surface area contributed by atoms with Gasteiger partial charge in [0, 0.05) is 13.1 Å². The van der Waals surface area contributed by atoms with E-state index < -0.39 is 17.5 Å². The number of halogens is 1. The molecule has 1 fully saturated rings. The molecule has 1 N–H and O–H groups in total. The van der Waals surface area contributed by atoms with Gasteiger partial charge in [0.2, 0.25) is 0 Å². The van der Waals surface area contributed by atoms with E-state index in [4.69, 9.17) is 4.74 Å². The molecular weight excluding hydrogens is 313 g/mol. The topological polar surface area (TPSA) is 61.9 Å². The number of anilines is 1. The fourth-order valence-corrected chi connectivity index (χ4v) is 3.11. The first kappa shape index (κ1) is 16.5. The minimum absolute atomic E-state index is 0.311. The molecule has 3 rings (SSSR count). The summed E-state index contributed by atoms with van der Waals surface area (Å²) < 4.78 is 19.2. The van der Waals surface area contributed by atoms with Crippen LogP contribution < -0.4 is 10.2 Å². The molecule has 1 unspecified atom stereocenters. The third-order valence-corrected chi connectivity index (χ3v) is 4.24. The van der Waals surface area contributed by atoms with Gasteiger partial charge in [-0.05, 0) is 45.4 Å². The number of rotatable bonds is 0. The van der Waals surface area contributed by atoms with Gasteiger partial charge < -0.3 is 19.9 Å². The van der Waals surface area contributed by atoms with Gasteiger partial charge in [0.05, 0.1) is 17.8 Å². The first-order valence-electron chi connectivity index (χ1n) is 8.02. The average molecular weight is 335 g/mol. The highest BCUT2D eigenvalue weighted by Crippen LogP contribution is 2.32. The number of hydrogen-bond donors (Lipinski definition) is 1. The van der Waals surface area contributed by atoms with Gasteiger partial charge in [-0.15, -0.1) is 0 Å². The fourth-order valence-electron chi connectivity index (χ4n) is 3.11.